The van der Waals surface area contributed by atoms with Crippen LogP contribution in [0.4, 0.5) is 0 Å². The van der Waals surface area contributed by atoms with E-state index >= 15 is 0 Å². The Morgan fingerprint density at radius 2 is 0.941 bits per heavy atom. The first-order valence-electron chi connectivity index (χ1n) is 16.9. The minimum Gasteiger partial charge on any atom is -0.456 e. The number of hydrogen-bond donors (Lipinski definition) is 0. The SMILES string of the molecule is c1ccc(-n2c3ccccc3c3ccc(-c4nc(-c5ccc6c(c5)oc5ccccc56)nc(-c5cccc6oc7ccccc7c56)n4)cc32)cc1. The summed E-state index contributed by atoms with van der Waals surface area (Å²) in [5, 5.41) is 6.48. The highest BCUT2D eigenvalue weighted by Crippen LogP contribution is 2.39. The molecule has 11 aromatic rings. The Balaban J connectivity index is 1.18. The van der Waals surface area contributed by atoms with Gasteiger partial charge in [-0.05, 0) is 54.6 Å². The molecule has 6 heteroatoms. The zero-order valence-electron chi connectivity index (χ0n) is 27.1. The second kappa shape index (κ2) is 10.7. The van der Waals surface area contributed by atoms with Gasteiger partial charge in [-0.1, -0.05) is 103 Å². The van der Waals surface area contributed by atoms with Crippen molar-refractivity contribution in [2.75, 3.05) is 0 Å². The maximum Gasteiger partial charge on any atom is 0.164 e. The monoisotopic (exact) mass is 654 g/mol. The summed E-state index contributed by atoms with van der Waals surface area (Å²) in [4.78, 5) is 15.5. The highest BCUT2D eigenvalue weighted by atomic mass is 16.3. The molecular weight excluding hydrogens is 629 g/mol. The molecule has 0 aliphatic carbocycles. The van der Waals surface area contributed by atoms with Gasteiger partial charge in [0.25, 0.3) is 0 Å². The quantitative estimate of drug-likeness (QED) is 0.189. The fourth-order valence-corrected chi connectivity index (χ4v) is 7.55. The van der Waals surface area contributed by atoms with Gasteiger partial charge in [0.1, 0.15) is 22.3 Å². The van der Waals surface area contributed by atoms with Gasteiger partial charge >= 0.3 is 0 Å². The van der Waals surface area contributed by atoms with Gasteiger partial charge in [-0.25, -0.2) is 15.0 Å². The molecule has 0 saturated carbocycles. The molecule has 0 atom stereocenters. The lowest BCUT2D eigenvalue weighted by Crippen LogP contribution is -2.01. The topological polar surface area (TPSA) is 69.9 Å². The Labute approximate surface area is 290 Å². The summed E-state index contributed by atoms with van der Waals surface area (Å²) in [6, 6.07) is 53.9. The van der Waals surface area contributed by atoms with Gasteiger partial charge in [0, 0.05) is 54.7 Å². The largest absolute Gasteiger partial charge is 0.456 e. The van der Waals surface area contributed by atoms with Gasteiger partial charge in [0.2, 0.25) is 0 Å². The Morgan fingerprint density at radius 1 is 0.373 bits per heavy atom. The summed E-state index contributed by atoms with van der Waals surface area (Å²) in [6.45, 7) is 0. The molecule has 0 radical (unpaired) electrons. The third kappa shape index (κ3) is 4.26. The fraction of sp³-hybridized carbons (Fsp3) is 0. The number of para-hydroxylation sites is 4. The molecule has 0 fully saturated rings. The molecule has 0 N–H and O–H groups in total. The second-order valence-electron chi connectivity index (χ2n) is 12.8. The lowest BCUT2D eigenvalue weighted by Gasteiger charge is -2.11. The van der Waals surface area contributed by atoms with Crippen molar-refractivity contribution < 1.29 is 8.83 Å². The first-order valence-corrected chi connectivity index (χ1v) is 16.9. The van der Waals surface area contributed by atoms with E-state index in [0.717, 1.165) is 82.7 Å². The first kappa shape index (κ1) is 27.9. The van der Waals surface area contributed by atoms with Crippen molar-refractivity contribution in [1.82, 2.24) is 19.5 Å². The summed E-state index contributed by atoms with van der Waals surface area (Å²) in [5.74, 6) is 1.71. The van der Waals surface area contributed by atoms with Crippen molar-refractivity contribution >= 4 is 65.7 Å². The van der Waals surface area contributed by atoms with E-state index in [1.54, 1.807) is 0 Å². The Bertz CT molecular complexity index is 3150. The average Bonchev–Trinajstić information content (AvgIpc) is 3.87. The van der Waals surface area contributed by atoms with Crippen LogP contribution in [0.15, 0.2) is 167 Å². The van der Waals surface area contributed by atoms with Crippen molar-refractivity contribution in [3.63, 3.8) is 0 Å². The molecule has 238 valence electrons. The van der Waals surface area contributed by atoms with E-state index in [4.69, 9.17) is 23.8 Å². The third-order valence-corrected chi connectivity index (χ3v) is 9.86. The van der Waals surface area contributed by atoms with Gasteiger partial charge in [-0.3, -0.25) is 0 Å². The zero-order chi connectivity index (χ0) is 33.5. The molecule has 0 amide bonds. The molecule has 51 heavy (non-hydrogen) atoms. The standard InChI is InChI=1S/C45H26N4O2/c1-2-11-29(12-3-1)49-36-17-7-4-13-30(36)31-23-21-27(25-37(31)49)43-46-44(28-22-24-33-32-14-5-8-18-38(32)51-41(33)26-28)48-45(47-43)35-16-10-20-40-42(35)34-15-6-9-19-39(34)50-40/h1-26H. The van der Waals surface area contributed by atoms with Crippen molar-refractivity contribution in [3.8, 4) is 39.9 Å². The normalized spacial score (nSPS) is 11.9. The molecule has 4 aromatic heterocycles. The molecule has 0 aliphatic rings. The fourth-order valence-electron chi connectivity index (χ4n) is 7.55. The van der Waals surface area contributed by atoms with Crippen LogP contribution < -0.4 is 0 Å². The van der Waals surface area contributed by atoms with Crippen LogP contribution in [-0.4, -0.2) is 19.5 Å². The summed E-state index contributed by atoms with van der Waals surface area (Å²) in [7, 11) is 0. The van der Waals surface area contributed by atoms with Crippen molar-refractivity contribution in [2.45, 2.75) is 0 Å². The van der Waals surface area contributed by atoms with Crippen LogP contribution in [0.2, 0.25) is 0 Å². The van der Waals surface area contributed by atoms with E-state index in [9.17, 15) is 0 Å². The van der Waals surface area contributed by atoms with E-state index in [2.05, 4.69) is 102 Å². The molecule has 4 heterocycles. The molecule has 0 spiro atoms. The zero-order valence-corrected chi connectivity index (χ0v) is 27.1. The van der Waals surface area contributed by atoms with Crippen molar-refractivity contribution in [2.24, 2.45) is 0 Å². The number of rotatable bonds is 4. The number of nitrogens with zero attached hydrogens (tertiary/aromatic N) is 4. The molecule has 0 bridgehead atoms. The highest BCUT2D eigenvalue weighted by Gasteiger charge is 2.20. The van der Waals surface area contributed by atoms with Crippen LogP contribution >= 0.6 is 0 Å². The van der Waals surface area contributed by atoms with Crippen LogP contribution in [0.25, 0.3) is 106 Å². The third-order valence-electron chi connectivity index (χ3n) is 9.86. The molecule has 7 aromatic carbocycles. The van der Waals surface area contributed by atoms with Crippen molar-refractivity contribution in [3.05, 3.63) is 158 Å². The van der Waals surface area contributed by atoms with E-state index in [0.29, 0.717) is 17.5 Å². The Hall–Kier alpha value is -7.05. The van der Waals surface area contributed by atoms with Gasteiger partial charge in [-0.15, -0.1) is 0 Å². The summed E-state index contributed by atoms with van der Waals surface area (Å²) in [5.41, 5.74) is 9.18. The Kier molecular flexibility index (Phi) is 5.86. The van der Waals surface area contributed by atoms with E-state index in [1.807, 2.05) is 60.7 Å². The van der Waals surface area contributed by atoms with Crippen LogP contribution in [0, 0.1) is 0 Å². The molecule has 0 aliphatic heterocycles. The number of furan rings is 2. The number of hydrogen-bond acceptors (Lipinski definition) is 5. The maximum absolute atomic E-state index is 6.29. The number of aromatic nitrogens is 4. The van der Waals surface area contributed by atoms with Crippen LogP contribution in [0.5, 0.6) is 0 Å². The average molecular weight is 655 g/mol. The molecular formula is C45H26N4O2. The van der Waals surface area contributed by atoms with E-state index < -0.39 is 0 Å². The second-order valence-corrected chi connectivity index (χ2v) is 12.8. The summed E-state index contributed by atoms with van der Waals surface area (Å²) < 4.78 is 14.9. The van der Waals surface area contributed by atoms with Gasteiger partial charge in [0.15, 0.2) is 17.5 Å². The van der Waals surface area contributed by atoms with Crippen LogP contribution in [0.3, 0.4) is 0 Å². The van der Waals surface area contributed by atoms with Gasteiger partial charge in [0.05, 0.1) is 11.0 Å². The summed E-state index contributed by atoms with van der Waals surface area (Å²) >= 11 is 0. The predicted octanol–water partition coefficient (Wildman–Crippen LogP) is 11.8. The number of benzene rings is 7. The highest BCUT2D eigenvalue weighted by molar-refractivity contribution is 6.12. The minimum absolute atomic E-state index is 0.561. The lowest BCUT2D eigenvalue weighted by atomic mass is 10.0. The molecule has 11 rings (SSSR count). The maximum atomic E-state index is 6.29. The van der Waals surface area contributed by atoms with Crippen LogP contribution in [-0.2, 0) is 0 Å². The van der Waals surface area contributed by atoms with Gasteiger partial charge in [-0.2, -0.15) is 0 Å². The number of fused-ring (bicyclic) bond motifs is 9. The lowest BCUT2D eigenvalue weighted by molar-refractivity contribution is 0.668. The Morgan fingerprint density at radius 3 is 1.76 bits per heavy atom. The molecule has 6 nitrogen and oxygen atoms in total. The van der Waals surface area contributed by atoms with Crippen molar-refractivity contribution in [1.29, 1.82) is 0 Å². The first-order chi connectivity index (χ1) is 25.3. The van der Waals surface area contributed by atoms with E-state index in [-0.39, 0.29) is 0 Å². The molecule has 0 saturated heterocycles. The smallest absolute Gasteiger partial charge is 0.164 e. The van der Waals surface area contributed by atoms with Crippen LogP contribution in [0.1, 0.15) is 0 Å². The van der Waals surface area contributed by atoms with Gasteiger partial charge < -0.3 is 13.4 Å². The molecule has 0 unspecified atom stereocenters. The predicted molar refractivity (Wildman–Crippen MR) is 205 cm³/mol. The van der Waals surface area contributed by atoms with E-state index in [1.165, 1.54) is 5.39 Å². The minimum atomic E-state index is 0.561. The summed E-state index contributed by atoms with van der Waals surface area (Å²) in [6.07, 6.45) is 0.